The van der Waals surface area contributed by atoms with Gasteiger partial charge in [-0.2, -0.15) is 0 Å². The molecular formula is C21H22N4O. The van der Waals surface area contributed by atoms with Crippen LogP contribution in [-0.2, 0) is 0 Å². The zero-order chi connectivity index (χ0) is 17.9. The van der Waals surface area contributed by atoms with Crippen LogP contribution in [0.4, 0.5) is 5.69 Å². The smallest absolute Gasteiger partial charge is 0.253 e. The standard InChI is InChI=1S/C21H22N4O/c1-16-3-2-4-19(15-16)24-11-13-25(14-12-24)21(26)18-7-5-17(6-8-18)20-22-9-10-23-20/h2-10,15H,11-14H2,1H3,(H,22,23). The Labute approximate surface area is 153 Å². The van der Waals surface area contributed by atoms with Gasteiger partial charge in [0.1, 0.15) is 5.82 Å². The number of piperazine rings is 1. The number of carbonyl (C=O) groups excluding carboxylic acids is 1. The highest BCUT2D eigenvalue weighted by Crippen LogP contribution is 2.20. The van der Waals surface area contributed by atoms with Crippen LogP contribution < -0.4 is 4.90 Å². The van der Waals surface area contributed by atoms with Crippen LogP contribution >= 0.6 is 0 Å². The van der Waals surface area contributed by atoms with Crippen LogP contribution in [-0.4, -0.2) is 47.0 Å². The van der Waals surface area contributed by atoms with E-state index in [1.165, 1.54) is 11.3 Å². The van der Waals surface area contributed by atoms with Crippen LogP contribution in [0.25, 0.3) is 11.4 Å². The van der Waals surface area contributed by atoms with Crippen LogP contribution in [0.1, 0.15) is 15.9 Å². The second-order valence-corrected chi connectivity index (χ2v) is 6.63. The number of carbonyl (C=O) groups is 1. The van der Waals surface area contributed by atoms with Gasteiger partial charge in [0.05, 0.1) is 0 Å². The molecule has 1 N–H and O–H groups in total. The SMILES string of the molecule is Cc1cccc(N2CCN(C(=O)c3ccc(-c4ncc[nH]4)cc3)CC2)c1. The van der Waals surface area contributed by atoms with Crippen molar-refractivity contribution in [3.63, 3.8) is 0 Å². The Morgan fingerprint density at radius 2 is 1.81 bits per heavy atom. The summed E-state index contributed by atoms with van der Waals surface area (Å²) in [6, 6.07) is 16.2. The summed E-state index contributed by atoms with van der Waals surface area (Å²) in [7, 11) is 0. The number of benzene rings is 2. The molecule has 2 heterocycles. The molecule has 1 saturated heterocycles. The molecule has 0 radical (unpaired) electrons. The third kappa shape index (κ3) is 3.33. The molecule has 0 unspecified atom stereocenters. The number of hydrogen-bond donors (Lipinski definition) is 1. The molecule has 0 spiro atoms. The van der Waals surface area contributed by atoms with Crippen molar-refractivity contribution < 1.29 is 4.79 Å². The number of rotatable bonds is 3. The van der Waals surface area contributed by atoms with Crippen molar-refractivity contribution in [2.75, 3.05) is 31.1 Å². The first-order valence-corrected chi connectivity index (χ1v) is 8.91. The van der Waals surface area contributed by atoms with E-state index in [2.05, 4.69) is 46.1 Å². The summed E-state index contributed by atoms with van der Waals surface area (Å²) in [5.74, 6) is 0.913. The highest BCUT2D eigenvalue weighted by atomic mass is 16.2. The zero-order valence-electron chi connectivity index (χ0n) is 14.9. The number of aromatic amines is 1. The summed E-state index contributed by atoms with van der Waals surface area (Å²) in [6.07, 6.45) is 3.52. The average Bonchev–Trinajstić information content (AvgIpc) is 3.23. The summed E-state index contributed by atoms with van der Waals surface area (Å²) >= 11 is 0. The van der Waals surface area contributed by atoms with Crippen molar-refractivity contribution in [2.24, 2.45) is 0 Å². The van der Waals surface area contributed by atoms with E-state index in [0.29, 0.717) is 0 Å². The molecule has 0 bridgehead atoms. The Hall–Kier alpha value is -3.08. The third-order valence-electron chi connectivity index (χ3n) is 4.84. The summed E-state index contributed by atoms with van der Waals surface area (Å²) in [5, 5.41) is 0. The zero-order valence-corrected chi connectivity index (χ0v) is 14.9. The molecule has 1 fully saturated rings. The molecule has 1 amide bonds. The van der Waals surface area contributed by atoms with E-state index in [9.17, 15) is 4.79 Å². The molecule has 26 heavy (non-hydrogen) atoms. The van der Waals surface area contributed by atoms with Gasteiger partial charge in [0.25, 0.3) is 5.91 Å². The highest BCUT2D eigenvalue weighted by molar-refractivity contribution is 5.94. The van der Waals surface area contributed by atoms with Crippen LogP contribution in [0.5, 0.6) is 0 Å². The van der Waals surface area contributed by atoms with Crippen LogP contribution in [0, 0.1) is 6.92 Å². The fourth-order valence-corrected chi connectivity index (χ4v) is 3.37. The van der Waals surface area contributed by atoms with Gasteiger partial charge in [0, 0.05) is 55.4 Å². The van der Waals surface area contributed by atoms with Crippen molar-refractivity contribution in [1.82, 2.24) is 14.9 Å². The Bertz CT molecular complexity index is 879. The second kappa shape index (κ2) is 7.04. The van der Waals surface area contributed by atoms with E-state index < -0.39 is 0 Å². The lowest BCUT2D eigenvalue weighted by atomic mass is 10.1. The first-order valence-electron chi connectivity index (χ1n) is 8.91. The van der Waals surface area contributed by atoms with Gasteiger partial charge < -0.3 is 14.8 Å². The van der Waals surface area contributed by atoms with E-state index in [4.69, 9.17) is 0 Å². The number of aromatic nitrogens is 2. The first-order chi connectivity index (χ1) is 12.7. The Kier molecular flexibility index (Phi) is 4.44. The number of imidazole rings is 1. The maximum Gasteiger partial charge on any atom is 0.253 e. The van der Waals surface area contributed by atoms with Gasteiger partial charge in [-0.1, -0.05) is 24.3 Å². The molecule has 1 aromatic heterocycles. The molecule has 0 saturated carbocycles. The largest absolute Gasteiger partial charge is 0.368 e. The normalized spacial score (nSPS) is 14.5. The number of aryl methyl sites for hydroxylation is 1. The third-order valence-corrected chi connectivity index (χ3v) is 4.84. The van der Waals surface area contributed by atoms with Crippen molar-refractivity contribution in [3.8, 4) is 11.4 Å². The molecular weight excluding hydrogens is 324 g/mol. The number of amides is 1. The number of hydrogen-bond acceptors (Lipinski definition) is 3. The molecule has 5 nitrogen and oxygen atoms in total. The Morgan fingerprint density at radius 3 is 2.46 bits per heavy atom. The van der Waals surface area contributed by atoms with Crippen LogP contribution in [0.3, 0.4) is 0 Å². The molecule has 4 rings (SSSR count). The molecule has 1 aliphatic heterocycles. The van der Waals surface area contributed by atoms with Gasteiger partial charge >= 0.3 is 0 Å². The fraction of sp³-hybridized carbons (Fsp3) is 0.238. The highest BCUT2D eigenvalue weighted by Gasteiger charge is 2.22. The quantitative estimate of drug-likeness (QED) is 0.791. The van der Waals surface area contributed by atoms with Gasteiger partial charge in [0.2, 0.25) is 0 Å². The number of H-pyrrole nitrogens is 1. The molecule has 0 atom stereocenters. The lowest BCUT2D eigenvalue weighted by Crippen LogP contribution is -2.48. The van der Waals surface area contributed by atoms with Crippen molar-refractivity contribution in [1.29, 1.82) is 0 Å². The number of nitrogens with one attached hydrogen (secondary N) is 1. The molecule has 0 aliphatic carbocycles. The Morgan fingerprint density at radius 1 is 1.04 bits per heavy atom. The minimum atomic E-state index is 0.0971. The van der Waals surface area contributed by atoms with Crippen molar-refractivity contribution in [2.45, 2.75) is 6.92 Å². The van der Waals surface area contributed by atoms with E-state index in [0.717, 1.165) is 43.1 Å². The average molecular weight is 346 g/mol. The van der Waals surface area contributed by atoms with Crippen molar-refractivity contribution in [3.05, 3.63) is 72.1 Å². The van der Waals surface area contributed by atoms with E-state index in [1.807, 2.05) is 29.2 Å². The van der Waals surface area contributed by atoms with Gasteiger partial charge in [-0.25, -0.2) is 4.98 Å². The lowest BCUT2D eigenvalue weighted by Gasteiger charge is -2.36. The summed E-state index contributed by atoms with van der Waals surface area (Å²) in [4.78, 5) is 24.4. The molecule has 3 aromatic rings. The van der Waals surface area contributed by atoms with Crippen molar-refractivity contribution >= 4 is 11.6 Å². The summed E-state index contributed by atoms with van der Waals surface area (Å²) in [5.41, 5.74) is 4.21. The van der Waals surface area contributed by atoms with E-state index in [-0.39, 0.29) is 5.91 Å². The minimum Gasteiger partial charge on any atom is -0.368 e. The van der Waals surface area contributed by atoms with Gasteiger partial charge in [0.15, 0.2) is 0 Å². The van der Waals surface area contributed by atoms with Gasteiger partial charge in [-0.3, -0.25) is 4.79 Å². The maximum atomic E-state index is 12.8. The summed E-state index contributed by atoms with van der Waals surface area (Å²) in [6.45, 7) is 5.31. The number of nitrogens with zero attached hydrogens (tertiary/aromatic N) is 3. The van der Waals surface area contributed by atoms with E-state index in [1.54, 1.807) is 12.4 Å². The summed E-state index contributed by atoms with van der Waals surface area (Å²) < 4.78 is 0. The van der Waals surface area contributed by atoms with E-state index >= 15 is 0 Å². The molecule has 2 aromatic carbocycles. The molecule has 5 heteroatoms. The predicted molar refractivity (Wildman–Crippen MR) is 103 cm³/mol. The molecule has 1 aliphatic rings. The second-order valence-electron chi connectivity index (χ2n) is 6.63. The van der Waals surface area contributed by atoms with Gasteiger partial charge in [-0.05, 0) is 36.8 Å². The van der Waals surface area contributed by atoms with Crippen LogP contribution in [0.15, 0.2) is 60.9 Å². The van der Waals surface area contributed by atoms with Gasteiger partial charge in [-0.15, -0.1) is 0 Å². The maximum absolute atomic E-state index is 12.8. The predicted octanol–water partition coefficient (Wildman–Crippen LogP) is 3.35. The Balaban J connectivity index is 1.40. The minimum absolute atomic E-state index is 0.0971. The number of anilines is 1. The van der Waals surface area contributed by atoms with Crippen LogP contribution in [0.2, 0.25) is 0 Å². The first kappa shape index (κ1) is 16.4. The monoisotopic (exact) mass is 346 g/mol. The lowest BCUT2D eigenvalue weighted by molar-refractivity contribution is 0.0747. The fourth-order valence-electron chi connectivity index (χ4n) is 3.37. The topological polar surface area (TPSA) is 52.2 Å². The molecule has 132 valence electrons.